The van der Waals surface area contributed by atoms with Crippen LogP contribution in [-0.4, -0.2) is 22.1 Å². The minimum atomic E-state index is 0.0476. The smallest absolute Gasteiger partial charge is 0.228 e. The molecule has 1 fully saturated rings. The summed E-state index contributed by atoms with van der Waals surface area (Å²) in [5, 5.41) is 9.51. The first-order chi connectivity index (χ1) is 7.66. The van der Waals surface area contributed by atoms with Crippen molar-refractivity contribution < 1.29 is 4.79 Å². The lowest BCUT2D eigenvalue weighted by molar-refractivity contribution is -0.120. The predicted octanol–water partition coefficient (Wildman–Crippen LogP) is 1.17. The van der Waals surface area contributed by atoms with Gasteiger partial charge in [-0.2, -0.15) is 5.10 Å². The largest absolute Gasteiger partial charge is 0.328 e. The predicted molar refractivity (Wildman–Crippen MR) is 61.9 cm³/mol. The van der Waals surface area contributed by atoms with E-state index in [1.807, 2.05) is 6.92 Å². The van der Waals surface area contributed by atoms with E-state index in [0.717, 1.165) is 31.2 Å². The average Bonchev–Trinajstić information content (AvgIpc) is 2.64. The number of anilines is 1. The van der Waals surface area contributed by atoms with Crippen LogP contribution in [0.1, 0.15) is 31.2 Å². The zero-order valence-corrected chi connectivity index (χ0v) is 9.49. The highest BCUT2D eigenvalue weighted by atomic mass is 16.2. The van der Waals surface area contributed by atoms with Crippen LogP contribution in [0.15, 0.2) is 6.20 Å². The summed E-state index contributed by atoms with van der Waals surface area (Å²) in [6.07, 6.45) is 5.50. The van der Waals surface area contributed by atoms with E-state index in [-0.39, 0.29) is 17.9 Å². The molecule has 2 atom stereocenters. The first-order valence-corrected chi connectivity index (χ1v) is 5.73. The number of carbonyl (C=O) groups excluding carboxylic acids is 1. The van der Waals surface area contributed by atoms with E-state index in [2.05, 4.69) is 15.5 Å². The molecule has 1 aliphatic carbocycles. The van der Waals surface area contributed by atoms with Gasteiger partial charge in [0.05, 0.1) is 6.20 Å². The third-order valence-corrected chi connectivity index (χ3v) is 3.16. The molecule has 88 valence electrons. The third-order valence-electron chi connectivity index (χ3n) is 3.16. The lowest BCUT2D eigenvalue weighted by Crippen LogP contribution is -2.34. The Balaban J connectivity index is 1.95. The van der Waals surface area contributed by atoms with Crippen molar-refractivity contribution in [1.82, 2.24) is 10.2 Å². The van der Waals surface area contributed by atoms with E-state index in [1.165, 1.54) is 0 Å². The van der Waals surface area contributed by atoms with Gasteiger partial charge in [0.15, 0.2) is 0 Å². The summed E-state index contributed by atoms with van der Waals surface area (Å²) in [6.45, 7) is 1.91. The van der Waals surface area contributed by atoms with Crippen LogP contribution in [0.2, 0.25) is 0 Å². The lowest BCUT2D eigenvalue weighted by Gasteiger charge is -2.25. The van der Waals surface area contributed by atoms with Crippen LogP contribution in [-0.2, 0) is 4.79 Å². The highest BCUT2D eigenvalue weighted by Crippen LogP contribution is 2.24. The topological polar surface area (TPSA) is 83.8 Å². The van der Waals surface area contributed by atoms with E-state index in [9.17, 15) is 4.79 Å². The Morgan fingerprint density at radius 3 is 3.06 bits per heavy atom. The van der Waals surface area contributed by atoms with Gasteiger partial charge in [-0.05, 0) is 26.2 Å². The third kappa shape index (κ3) is 2.41. The Morgan fingerprint density at radius 1 is 1.62 bits per heavy atom. The molecule has 0 aliphatic heterocycles. The highest BCUT2D eigenvalue weighted by molar-refractivity contribution is 5.92. The fourth-order valence-electron chi connectivity index (χ4n) is 2.16. The number of rotatable bonds is 2. The van der Waals surface area contributed by atoms with Crippen LogP contribution in [0.3, 0.4) is 0 Å². The number of aromatic amines is 1. The Kier molecular flexibility index (Phi) is 3.24. The Hall–Kier alpha value is -1.36. The standard InChI is InChI=1S/C11H18N4O/c1-7-6-13-15-10(7)14-11(16)8-3-2-4-9(12)5-8/h6,8-9H,2-5,12H2,1H3,(H2,13,14,15,16). The molecule has 1 aromatic rings. The molecule has 0 aromatic carbocycles. The van der Waals surface area contributed by atoms with Gasteiger partial charge in [-0.3, -0.25) is 9.89 Å². The second-order valence-corrected chi connectivity index (χ2v) is 4.54. The van der Waals surface area contributed by atoms with Crippen LogP contribution in [0.4, 0.5) is 5.82 Å². The number of nitrogens with zero attached hydrogens (tertiary/aromatic N) is 1. The van der Waals surface area contributed by atoms with E-state index in [0.29, 0.717) is 5.82 Å². The van der Waals surface area contributed by atoms with E-state index >= 15 is 0 Å². The van der Waals surface area contributed by atoms with Gasteiger partial charge in [0.2, 0.25) is 5.91 Å². The maximum absolute atomic E-state index is 11.9. The molecular formula is C11H18N4O. The summed E-state index contributed by atoms with van der Waals surface area (Å²) in [6, 6.07) is 0.173. The zero-order valence-electron chi connectivity index (χ0n) is 9.49. The van der Waals surface area contributed by atoms with Crippen molar-refractivity contribution in [2.45, 2.75) is 38.6 Å². The second-order valence-electron chi connectivity index (χ2n) is 4.54. The van der Waals surface area contributed by atoms with Crippen molar-refractivity contribution in [3.63, 3.8) is 0 Å². The van der Waals surface area contributed by atoms with Gasteiger partial charge in [-0.15, -0.1) is 0 Å². The molecule has 16 heavy (non-hydrogen) atoms. The number of nitrogens with one attached hydrogen (secondary N) is 2. The Labute approximate surface area is 94.8 Å². The summed E-state index contributed by atoms with van der Waals surface area (Å²) in [7, 11) is 0. The first-order valence-electron chi connectivity index (χ1n) is 5.73. The molecular weight excluding hydrogens is 204 g/mol. The van der Waals surface area contributed by atoms with Crippen LogP contribution >= 0.6 is 0 Å². The minimum Gasteiger partial charge on any atom is -0.328 e. The number of H-pyrrole nitrogens is 1. The van der Waals surface area contributed by atoms with E-state index in [1.54, 1.807) is 6.20 Å². The second kappa shape index (κ2) is 4.65. The molecule has 0 radical (unpaired) electrons. The molecule has 2 unspecified atom stereocenters. The van der Waals surface area contributed by atoms with Crippen molar-refractivity contribution in [1.29, 1.82) is 0 Å². The Morgan fingerprint density at radius 2 is 2.44 bits per heavy atom. The molecule has 1 saturated carbocycles. The van der Waals surface area contributed by atoms with Crippen molar-refractivity contribution in [3.05, 3.63) is 11.8 Å². The summed E-state index contributed by atoms with van der Waals surface area (Å²) in [4.78, 5) is 11.9. The quantitative estimate of drug-likeness (QED) is 0.702. The molecule has 5 heteroatoms. The van der Waals surface area contributed by atoms with Gasteiger partial charge in [0.1, 0.15) is 5.82 Å². The molecule has 2 rings (SSSR count). The van der Waals surface area contributed by atoms with Crippen LogP contribution in [0, 0.1) is 12.8 Å². The maximum atomic E-state index is 11.9. The van der Waals surface area contributed by atoms with Gasteiger partial charge >= 0.3 is 0 Å². The zero-order chi connectivity index (χ0) is 11.5. The number of carbonyl (C=O) groups is 1. The van der Waals surface area contributed by atoms with Crippen molar-refractivity contribution in [3.8, 4) is 0 Å². The number of aromatic nitrogens is 2. The van der Waals surface area contributed by atoms with Gasteiger partial charge in [0, 0.05) is 17.5 Å². The number of hydrogen-bond acceptors (Lipinski definition) is 3. The summed E-state index contributed by atoms with van der Waals surface area (Å²) in [5.41, 5.74) is 6.82. The number of amides is 1. The molecule has 1 aromatic heterocycles. The minimum absolute atomic E-state index is 0.0476. The molecule has 4 N–H and O–H groups in total. The Bertz CT molecular complexity index is 374. The first kappa shape index (κ1) is 11.1. The fraction of sp³-hybridized carbons (Fsp3) is 0.636. The molecule has 0 spiro atoms. The summed E-state index contributed by atoms with van der Waals surface area (Å²) >= 11 is 0. The van der Waals surface area contributed by atoms with Crippen molar-refractivity contribution in [2.75, 3.05) is 5.32 Å². The van der Waals surface area contributed by atoms with Gasteiger partial charge in [0.25, 0.3) is 0 Å². The van der Waals surface area contributed by atoms with Crippen molar-refractivity contribution in [2.24, 2.45) is 11.7 Å². The fourth-order valence-corrected chi connectivity index (χ4v) is 2.16. The van der Waals surface area contributed by atoms with Crippen LogP contribution in [0.5, 0.6) is 0 Å². The van der Waals surface area contributed by atoms with E-state index < -0.39 is 0 Å². The molecule has 1 amide bonds. The van der Waals surface area contributed by atoms with Crippen LogP contribution < -0.4 is 11.1 Å². The summed E-state index contributed by atoms with van der Waals surface area (Å²) in [5.74, 6) is 0.804. The monoisotopic (exact) mass is 222 g/mol. The molecule has 0 bridgehead atoms. The molecule has 0 saturated heterocycles. The van der Waals surface area contributed by atoms with E-state index in [4.69, 9.17) is 5.73 Å². The van der Waals surface area contributed by atoms with Crippen LogP contribution in [0.25, 0.3) is 0 Å². The molecule has 1 aliphatic rings. The average molecular weight is 222 g/mol. The number of hydrogen-bond donors (Lipinski definition) is 3. The molecule has 1 heterocycles. The van der Waals surface area contributed by atoms with Gasteiger partial charge in [-0.25, -0.2) is 0 Å². The normalized spacial score (nSPS) is 25.4. The van der Waals surface area contributed by atoms with Gasteiger partial charge in [-0.1, -0.05) is 6.42 Å². The van der Waals surface area contributed by atoms with Crippen molar-refractivity contribution >= 4 is 11.7 Å². The number of nitrogens with two attached hydrogens (primary N) is 1. The SMILES string of the molecule is Cc1cn[nH]c1NC(=O)C1CCCC(N)C1. The maximum Gasteiger partial charge on any atom is 0.228 e. The summed E-state index contributed by atoms with van der Waals surface area (Å²) < 4.78 is 0. The number of aryl methyl sites for hydroxylation is 1. The lowest BCUT2D eigenvalue weighted by atomic mass is 9.85. The highest BCUT2D eigenvalue weighted by Gasteiger charge is 2.25. The van der Waals surface area contributed by atoms with Gasteiger partial charge < -0.3 is 11.1 Å². The molecule has 5 nitrogen and oxygen atoms in total.